The summed E-state index contributed by atoms with van der Waals surface area (Å²) in [5.41, 5.74) is 0. The number of rotatable bonds is 5. The topological polar surface area (TPSA) is 72.9 Å². The summed E-state index contributed by atoms with van der Waals surface area (Å²) in [6.45, 7) is 0.973. The van der Waals surface area contributed by atoms with Gasteiger partial charge in [0, 0.05) is 20.1 Å². The van der Waals surface area contributed by atoms with E-state index in [1.807, 2.05) is 19.0 Å². The molecule has 0 aromatic heterocycles. The molecule has 0 radical (unpaired) electrons. The SMILES string of the molecule is CN(C)CCN(C)C(=O)NCC(=O)O. The number of carboxylic acids is 1. The van der Waals surface area contributed by atoms with Gasteiger partial charge in [-0.15, -0.1) is 0 Å². The van der Waals surface area contributed by atoms with Crippen LogP contribution in [0.2, 0.25) is 0 Å². The number of hydrogen-bond donors (Lipinski definition) is 2. The molecule has 2 N–H and O–H groups in total. The number of nitrogens with zero attached hydrogens (tertiary/aromatic N) is 2. The Hall–Kier alpha value is -1.30. The van der Waals surface area contributed by atoms with Crippen LogP contribution in [-0.4, -0.2) is 67.7 Å². The van der Waals surface area contributed by atoms with Crippen LogP contribution in [0.4, 0.5) is 4.79 Å². The first-order valence-corrected chi connectivity index (χ1v) is 4.29. The molecule has 0 aliphatic rings. The van der Waals surface area contributed by atoms with E-state index < -0.39 is 5.97 Å². The van der Waals surface area contributed by atoms with Crippen molar-refractivity contribution in [2.24, 2.45) is 0 Å². The van der Waals surface area contributed by atoms with Crippen molar-refractivity contribution in [2.45, 2.75) is 0 Å². The Morgan fingerprint density at radius 1 is 1.21 bits per heavy atom. The van der Waals surface area contributed by atoms with Gasteiger partial charge in [0.25, 0.3) is 0 Å². The number of carboxylic acid groups (broad SMARTS) is 1. The second-order valence-corrected chi connectivity index (χ2v) is 3.28. The number of urea groups is 1. The fourth-order valence-corrected chi connectivity index (χ4v) is 0.738. The van der Waals surface area contributed by atoms with E-state index in [1.54, 1.807) is 7.05 Å². The zero-order chi connectivity index (χ0) is 11.1. The maximum absolute atomic E-state index is 11.2. The number of carbonyl (C=O) groups is 2. The molecule has 0 unspecified atom stereocenters. The summed E-state index contributed by atoms with van der Waals surface area (Å²) in [6, 6.07) is -0.366. The monoisotopic (exact) mass is 203 g/mol. The van der Waals surface area contributed by atoms with E-state index in [9.17, 15) is 9.59 Å². The molecule has 14 heavy (non-hydrogen) atoms. The van der Waals surface area contributed by atoms with Crippen LogP contribution in [0.3, 0.4) is 0 Å². The molecule has 2 amide bonds. The minimum Gasteiger partial charge on any atom is -0.480 e. The molecular formula is C8H17N3O3. The number of likely N-dealkylation sites (N-methyl/N-ethyl adjacent to an activating group) is 2. The molecule has 0 aromatic carbocycles. The van der Waals surface area contributed by atoms with E-state index >= 15 is 0 Å². The minimum atomic E-state index is -1.04. The van der Waals surface area contributed by atoms with Gasteiger partial charge in [-0.2, -0.15) is 0 Å². The summed E-state index contributed by atoms with van der Waals surface area (Å²) in [6.07, 6.45) is 0. The van der Waals surface area contributed by atoms with Crippen LogP contribution in [-0.2, 0) is 4.79 Å². The van der Waals surface area contributed by atoms with Gasteiger partial charge < -0.3 is 20.2 Å². The number of amides is 2. The van der Waals surface area contributed by atoms with E-state index in [-0.39, 0.29) is 12.6 Å². The summed E-state index contributed by atoms with van der Waals surface area (Å²) in [5.74, 6) is -1.04. The van der Waals surface area contributed by atoms with Gasteiger partial charge >= 0.3 is 12.0 Å². The van der Waals surface area contributed by atoms with Gasteiger partial charge in [-0.25, -0.2) is 4.79 Å². The molecule has 0 bridgehead atoms. The smallest absolute Gasteiger partial charge is 0.323 e. The molecule has 0 saturated heterocycles. The average Bonchev–Trinajstić information content (AvgIpc) is 2.09. The number of nitrogens with one attached hydrogen (secondary N) is 1. The highest BCUT2D eigenvalue weighted by Crippen LogP contribution is 1.85. The Morgan fingerprint density at radius 2 is 1.79 bits per heavy atom. The van der Waals surface area contributed by atoms with E-state index in [2.05, 4.69) is 5.32 Å². The quantitative estimate of drug-likeness (QED) is 0.618. The van der Waals surface area contributed by atoms with Gasteiger partial charge in [0.05, 0.1) is 0 Å². The van der Waals surface area contributed by atoms with Crippen LogP contribution >= 0.6 is 0 Å². The standard InChI is InChI=1S/C8H17N3O3/c1-10(2)4-5-11(3)8(14)9-6-7(12)13/h4-6H2,1-3H3,(H,9,14)(H,12,13). The molecular weight excluding hydrogens is 186 g/mol. The third kappa shape index (κ3) is 6.24. The fourth-order valence-electron chi connectivity index (χ4n) is 0.738. The second kappa shape index (κ2) is 6.20. The molecule has 0 rings (SSSR count). The zero-order valence-corrected chi connectivity index (χ0v) is 8.78. The van der Waals surface area contributed by atoms with Crippen molar-refractivity contribution in [3.8, 4) is 0 Å². The van der Waals surface area contributed by atoms with Crippen molar-refractivity contribution in [3.05, 3.63) is 0 Å². The lowest BCUT2D eigenvalue weighted by molar-refractivity contribution is -0.135. The van der Waals surface area contributed by atoms with Gasteiger partial charge in [0.15, 0.2) is 0 Å². The van der Waals surface area contributed by atoms with E-state index in [0.29, 0.717) is 6.54 Å². The average molecular weight is 203 g/mol. The van der Waals surface area contributed by atoms with Crippen molar-refractivity contribution in [3.63, 3.8) is 0 Å². The van der Waals surface area contributed by atoms with Crippen LogP contribution in [0.25, 0.3) is 0 Å². The lowest BCUT2D eigenvalue weighted by Gasteiger charge is -2.19. The summed E-state index contributed by atoms with van der Waals surface area (Å²) >= 11 is 0. The van der Waals surface area contributed by atoms with E-state index in [0.717, 1.165) is 6.54 Å². The molecule has 6 nitrogen and oxygen atoms in total. The van der Waals surface area contributed by atoms with Crippen LogP contribution < -0.4 is 5.32 Å². The third-order valence-corrected chi connectivity index (χ3v) is 1.62. The summed E-state index contributed by atoms with van der Waals surface area (Å²) in [5, 5.41) is 10.6. The first kappa shape index (κ1) is 12.7. The lowest BCUT2D eigenvalue weighted by Crippen LogP contribution is -2.42. The Labute approximate surface area is 83.5 Å². The van der Waals surface area contributed by atoms with Gasteiger partial charge in [-0.05, 0) is 14.1 Å². The highest BCUT2D eigenvalue weighted by Gasteiger charge is 2.08. The first-order valence-electron chi connectivity index (χ1n) is 4.29. The van der Waals surface area contributed by atoms with Gasteiger partial charge in [-0.1, -0.05) is 0 Å². The highest BCUT2D eigenvalue weighted by atomic mass is 16.4. The minimum absolute atomic E-state index is 0.342. The molecule has 0 aliphatic heterocycles. The maximum atomic E-state index is 11.2. The molecule has 0 heterocycles. The predicted octanol–water partition coefficient (Wildman–Crippen LogP) is -0.726. The van der Waals surface area contributed by atoms with E-state index in [4.69, 9.17) is 5.11 Å². The van der Waals surface area contributed by atoms with Crippen molar-refractivity contribution in [1.29, 1.82) is 0 Å². The number of aliphatic carboxylic acids is 1. The molecule has 0 fully saturated rings. The highest BCUT2D eigenvalue weighted by molar-refractivity contribution is 5.79. The third-order valence-electron chi connectivity index (χ3n) is 1.62. The summed E-state index contributed by atoms with van der Waals surface area (Å²) < 4.78 is 0. The molecule has 0 aliphatic carbocycles. The van der Waals surface area contributed by atoms with Crippen LogP contribution in [0.15, 0.2) is 0 Å². The van der Waals surface area contributed by atoms with E-state index in [1.165, 1.54) is 4.90 Å². The fraction of sp³-hybridized carbons (Fsp3) is 0.750. The number of hydrogen-bond acceptors (Lipinski definition) is 3. The molecule has 82 valence electrons. The Balaban J connectivity index is 3.70. The molecule has 0 aromatic rings. The Morgan fingerprint density at radius 3 is 2.21 bits per heavy atom. The molecule has 0 atom stereocenters. The lowest BCUT2D eigenvalue weighted by atomic mass is 10.5. The molecule has 0 spiro atoms. The van der Waals surface area contributed by atoms with Crippen molar-refractivity contribution >= 4 is 12.0 Å². The normalized spacial score (nSPS) is 10.0. The van der Waals surface area contributed by atoms with Crippen LogP contribution in [0, 0.1) is 0 Å². The maximum Gasteiger partial charge on any atom is 0.323 e. The van der Waals surface area contributed by atoms with Gasteiger partial charge in [-0.3, -0.25) is 4.79 Å². The van der Waals surface area contributed by atoms with Crippen molar-refractivity contribution < 1.29 is 14.7 Å². The molecule has 0 saturated carbocycles. The second-order valence-electron chi connectivity index (χ2n) is 3.28. The molecule has 6 heteroatoms. The number of carbonyl (C=O) groups excluding carboxylic acids is 1. The zero-order valence-electron chi connectivity index (χ0n) is 8.78. The predicted molar refractivity (Wildman–Crippen MR) is 52.2 cm³/mol. The van der Waals surface area contributed by atoms with Crippen LogP contribution in [0.5, 0.6) is 0 Å². The van der Waals surface area contributed by atoms with Crippen LogP contribution in [0.1, 0.15) is 0 Å². The van der Waals surface area contributed by atoms with Gasteiger partial charge in [0.2, 0.25) is 0 Å². The van der Waals surface area contributed by atoms with Gasteiger partial charge in [0.1, 0.15) is 6.54 Å². The van der Waals surface area contributed by atoms with Crippen molar-refractivity contribution in [1.82, 2.24) is 15.1 Å². The Bertz CT molecular complexity index is 206. The first-order chi connectivity index (χ1) is 6.43. The Kier molecular flexibility index (Phi) is 5.62. The van der Waals surface area contributed by atoms with Crippen molar-refractivity contribution in [2.75, 3.05) is 40.8 Å². The summed E-state index contributed by atoms with van der Waals surface area (Å²) in [7, 11) is 5.44. The summed E-state index contributed by atoms with van der Waals surface area (Å²) in [4.78, 5) is 24.7. The largest absolute Gasteiger partial charge is 0.480 e.